The molecule has 1 saturated heterocycles. The highest BCUT2D eigenvalue weighted by Gasteiger charge is 2.29. The lowest BCUT2D eigenvalue weighted by atomic mass is 9.95. The molecule has 5 heteroatoms. The molecule has 0 radical (unpaired) electrons. The van der Waals surface area contributed by atoms with Gasteiger partial charge in [-0.15, -0.1) is 0 Å². The van der Waals surface area contributed by atoms with Crippen molar-refractivity contribution in [1.29, 1.82) is 0 Å². The van der Waals surface area contributed by atoms with Gasteiger partial charge < -0.3 is 15.3 Å². The summed E-state index contributed by atoms with van der Waals surface area (Å²) in [6, 6.07) is 9.39. The van der Waals surface area contributed by atoms with Gasteiger partial charge in [-0.2, -0.15) is 0 Å². The highest BCUT2D eigenvalue weighted by molar-refractivity contribution is 5.81. The zero-order valence-electron chi connectivity index (χ0n) is 15.3. The largest absolute Gasteiger partial charge is 0.388 e. The molecule has 1 heterocycles. The molecule has 0 spiro atoms. The van der Waals surface area contributed by atoms with Crippen LogP contribution in [-0.2, 0) is 9.59 Å². The fraction of sp³-hybridized carbons (Fsp3) is 0.600. The first-order valence-corrected chi connectivity index (χ1v) is 9.32. The number of amides is 2. The normalized spacial score (nSPS) is 20.0. The number of rotatable bonds is 7. The molecule has 3 atom stereocenters. The number of carbonyl (C=O) groups is 2. The van der Waals surface area contributed by atoms with Crippen LogP contribution >= 0.6 is 0 Å². The van der Waals surface area contributed by atoms with Crippen molar-refractivity contribution < 1.29 is 14.7 Å². The molecule has 1 fully saturated rings. The minimum atomic E-state index is -0.799. The summed E-state index contributed by atoms with van der Waals surface area (Å²) >= 11 is 0. The Morgan fingerprint density at radius 2 is 2.04 bits per heavy atom. The van der Waals surface area contributed by atoms with Gasteiger partial charge in [0.05, 0.1) is 18.4 Å². The Balaban J connectivity index is 1.87. The first-order valence-electron chi connectivity index (χ1n) is 9.32. The van der Waals surface area contributed by atoms with Crippen molar-refractivity contribution in [3.8, 4) is 0 Å². The molecule has 138 valence electrons. The van der Waals surface area contributed by atoms with Gasteiger partial charge in [0.2, 0.25) is 11.8 Å². The Bertz CT molecular complexity index is 561. The first-order chi connectivity index (χ1) is 12.0. The van der Waals surface area contributed by atoms with Gasteiger partial charge in [-0.3, -0.25) is 9.59 Å². The van der Waals surface area contributed by atoms with Gasteiger partial charge in [-0.05, 0) is 31.7 Å². The number of hydrogen-bond acceptors (Lipinski definition) is 3. The molecular weight excluding hydrogens is 316 g/mol. The Kier molecular flexibility index (Phi) is 7.44. The van der Waals surface area contributed by atoms with Crippen LogP contribution in [0.5, 0.6) is 0 Å². The third-order valence-electron chi connectivity index (χ3n) is 4.81. The number of benzene rings is 1. The van der Waals surface area contributed by atoms with Crippen LogP contribution in [-0.4, -0.2) is 41.0 Å². The van der Waals surface area contributed by atoms with Crippen LogP contribution in [0.2, 0.25) is 0 Å². The van der Waals surface area contributed by atoms with E-state index in [9.17, 15) is 14.7 Å². The summed E-state index contributed by atoms with van der Waals surface area (Å²) in [6.07, 6.45) is 2.90. The average Bonchev–Trinajstić information content (AvgIpc) is 2.62. The molecule has 0 aromatic heterocycles. The molecule has 2 amide bonds. The van der Waals surface area contributed by atoms with Gasteiger partial charge in [0, 0.05) is 19.1 Å². The van der Waals surface area contributed by atoms with Crippen LogP contribution < -0.4 is 5.32 Å². The van der Waals surface area contributed by atoms with Gasteiger partial charge >= 0.3 is 0 Å². The van der Waals surface area contributed by atoms with Crippen LogP contribution in [0.1, 0.15) is 57.6 Å². The molecule has 5 nitrogen and oxygen atoms in total. The third kappa shape index (κ3) is 5.85. The van der Waals surface area contributed by atoms with Crippen molar-refractivity contribution in [2.24, 2.45) is 5.92 Å². The van der Waals surface area contributed by atoms with E-state index in [2.05, 4.69) is 12.2 Å². The summed E-state index contributed by atoms with van der Waals surface area (Å²) in [7, 11) is 0. The van der Waals surface area contributed by atoms with Crippen LogP contribution in [0.25, 0.3) is 0 Å². The zero-order chi connectivity index (χ0) is 18.2. The van der Waals surface area contributed by atoms with E-state index in [1.165, 1.54) is 0 Å². The molecule has 2 rings (SSSR count). The van der Waals surface area contributed by atoms with Crippen molar-refractivity contribution in [2.75, 3.05) is 13.1 Å². The van der Waals surface area contributed by atoms with E-state index >= 15 is 0 Å². The predicted molar refractivity (Wildman–Crippen MR) is 97.8 cm³/mol. The molecule has 0 aliphatic carbocycles. The molecule has 1 aromatic carbocycles. The standard InChI is InChI=1S/C20H30N2O3/c1-3-8-15(2)21-20(25)17-11-7-12-22(14-17)19(24)13-18(23)16-9-5-4-6-10-16/h4-6,9-10,15,17-18,23H,3,7-8,11-14H2,1-2H3,(H,21,25). The first kappa shape index (κ1) is 19.4. The van der Waals surface area contributed by atoms with E-state index < -0.39 is 6.10 Å². The van der Waals surface area contributed by atoms with Crippen molar-refractivity contribution in [3.63, 3.8) is 0 Å². The number of carbonyl (C=O) groups excluding carboxylic acids is 2. The quantitative estimate of drug-likeness (QED) is 0.797. The smallest absolute Gasteiger partial charge is 0.225 e. The zero-order valence-corrected chi connectivity index (χ0v) is 15.3. The molecule has 1 aromatic rings. The number of nitrogens with zero attached hydrogens (tertiary/aromatic N) is 1. The molecule has 25 heavy (non-hydrogen) atoms. The number of piperidine rings is 1. The fourth-order valence-corrected chi connectivity index (χ4v) is 3.37. The molecule has 2 N–H and O–H groups in total. The lowest BCUT2D eigenvalue weighted by molar-refractivity contribution is -0.137. The second-order valence-corrected chi connectivity index (χ2v) is 7.01. The lowest BCUT2D eigenvalue weighted by Crippen LogP contribution is -2.47. The highest BCUT2D eigenvalue weighted by atomic mass is 16.3. The minimum absolute atomic E-state index is 0.0436. The Morgan fingerprint density at radius 3 is 2.72 bits per heavy atom. The van der Waals surface area contributed by atoms with E-state index in [4.69, 9.17) is 0 Å². The number of aliphatic hydroxyl groups is 1. The van der Waals surface area contributed by atoms with E-state index in [0.717, 1.165) is 31.2 Å². The molecule has 0 saturated carbocycles. The monoisotopic (exact) mass is 346 g/mol. The van der Waals surface area contributed by atoms with Crippen LogP contribution in [0, 0.1) is 5.92 Å². The maximum absolute atomic E-state index is 12.5. The van der Waals surface area contributed by atoms with E-state index in [1.54, 1.807) is 4.90 Å². The Labute approximate surface area is 150 Å². The summed E-state index contributed by atoms with van der Waals surface area (Å²) < 4.78 is 0. The van der Waals surface area contributed by atoms with Crippen molar-refractivity contribution in [1.82, 2.24) is 10.2 Å². The second-order valence-electron chi connectivity index (χ2n) is 7.01. The molecule has 3 unspecified atom stereocenters. The van der Waals surface area contributed by atoms with Gasteiger partial charge in [-0.1, -0.05) is 43.7 Å². The van der Waals surface area contributed by atoms with Crippen LogP contribution in [0.4, 0.5) is 0 Å². The summed E-state index contributed by atoms with van der Waals surface area (Å²) in [5.41, 5.74) is 0.746. The third-order valence-corrected chi connectivity index (χ3v) is 4.81. The Morgan fingerprint density at radius 1 is 1.32 bits per heavy atom. The molecule has 0 bridgehead atoms. The predicted octanol–water partition coefficient (Wildman–Crippen LogP) is 2.65. The van der Waals surface area contributed by atoms with Gasteiger partial charge in [0.25, 0.3) is 0 Å². The van der Waals surface area contributed by atoms with E-state index in [0.29, 0.717) is 13.1 Å². The Hall–Kier alpha value is -1.88. The average molecular weight is 346 g/mol. The number of nitrogens with one attached hydrogen (secondary N) is 1. The summed E-state index contributed by atoms with van der Waals surface area (Å²) in [5.74, 6) is -0.191. The van der Waals surface area contributed by atoms with Crippen LogP contribution in [0.15, 0.2) is 30.3 Å². The number of aliphatic hydroxyl groups excluding tert-OH is 1. The molecule has 1 aliphatic heterocycles. The minimum Gasteiger partial charge on any atom is -0.388 e. The topological polar surface area (TPSA) is 69.6 Å². The lowest BCUT2D eigenvalue weighted by Gasteiger charge is -2.33. The second kappa shape index (κ2) is 9.56. The number of hydrogen-bond donors (Lipinski definition) is 2. The number of likely N-dealkylation sites (tertiary alicyclic amines) is 1. The summed E-state index contributed by atoms with van der Waals surface area (Å²) in [6.45, 7) is 5.23. The van der Waals surface area contributed by atoms with Gasteiger partial charge in [0.1, 0.15) is 0 Å². The van der Waals surface area contributed by atoms with Crippen molar-refractivity contribution >= 4 is 11.8 Å². The maximum Gasteiger partial charge on any atom is 0.225 e. The fourth-order valence-electron chi connectivity index (χ4n) is 3.37. The van der Waals surface area contributed by atoms with Crippen molar-refractivity contribution in [3.05, 3.63) is 35.9 Å². The van der Waals surface area contributed by atoms with E-state index in [-0.39, 0.29) is 30.2 Å². The summed E-state index contributed by atoms with van der Waals surface area (Å²) in [4.78, 5) is 26.6. The SMILES string of the molecule is CCCC(C)NC(=O)C1CCCN(C(=O)CC(O)c2ccccc2)C1. The van der Waals surface area contributed by atoms with Gasteiger partial charge in [-0.25, -0.2) is 0 Å². The molecule has 1 aliphatic rings. The van der Waals surface area contributed by atoms with Crippen LogP contribution in [0.3, 0.4) is 0 Å². The highest BCUT2D eigenvalue weighted by Crippen LogP contribution is 2.21. The molecular formula is C20H30N2O3. The maximum atomic E-state index is 12.5. The van der Waals surface area contributed by atoms with E-state index in [1.807, 2.05) is 37.3 Å². The summed E-state index contributed by atoms with van der Waals surface area (Å²) in [5, 5.41) is 13.3. The van der Waals surface area contributed by atoms with Gasteiger partial charge in [0.15, 0.2) is 0 Å². The van der Waals surface area contributed by atoms with Crippen molar-refractivity contribution in [2.45, 2.75) is 58.1 Å².